The van der Waals surface area contributed by atoms with E-state index in [2.05, 4.69) is 5.32 Å². The van der Waals surface area contributed by atoms with E-state index in [9.17, 15) is 19.2 Å². The molecule has 1 saturated heterocycles. The number of nitrogens with one attached hydrogen (secondary N) is 1. The highest BCUT2D eigenvalue weighted by molar-refractivity contribution is 8.18. The molecule has 39 heavy (non-hydrogen) atoms. The van der Waals surface area contributed by atoms with Gasteiger partial charge in [-0.05, 0) is 66.2 Å². The highest BCUT2D eigenvalue weighted by Gasteiger charge is 2.36. The van der Waals surface area contributed by atoms with Crippen LogP contribution in [0.5, 0.6) is 0 Å². The molecule has 0 saturated carbocycles. The Hall–Kier alpha value is -4.08. The first-order chi connectivity index (χ1) is 18.8. The van der Waals surface area contributed by atoms with Crippen LogP contribution in [0.2, 0.25) is 5.02 Å². The minimum Gasteiger partial charge on any atom is -0.467 e. The van der Waals surface area contributed by atoms with Crippen LogP contribution in [0.15, 0.2) is 76.4 Å². The smallest absolute Gasteiger partial charge is 0.293 e. The van der Waals surface area contributed by atoms with Gasteiger partial charge in [0.1, 0.15) is 12.3 Å². The second-order valence-electron chi connectivity index (χ2n) is 8.93. The summed E-state index contributed by atoms with van der Waals surface area (Å²) in [5.41, 5.74) is 3.00. The van der Waals surface area contributed by atoms with E-state index in [-0.39, 0.29) is 36.2 Å². The lowest BCUT2D eigenvalue weighted by atomic mass is 10.1. The zero-order valence-electron chi connectivity index (χ0n) is 21.0. The standard InChI is InChI=1S/C29H24ClN3O5S/c1-2-18-5-3-7-23-20(15-32(27(18)23)17-26(35)31-14-22-6-4-12-38-22)13-25-28(36)33(29(37)39-25)16-24(34)19-8-10-21(30)11-9-19/h3-13,15H,2,14,16-17H2,1H3,(H,31,35)/b25-13-. The third-order valence-corrected chi connectivity index (χ3v) is 7.53. The molecular formula is C29H24ClN3O5S. The number of ketones is 1. The molecule has 2 aromatic carbocycles. The molecule has 0 bridgehead atoms. The Morgan fingerprint density at radius 3 is 2.56 bits per heavy atom. The number of amides is 3. The molecule has 1 N–H and O–H groups in total. The molecule has 10 heteroatoms. The molecule has 2 aromatic heterocycles. The molecule has 0 unspecified atom stereocenters. The molecule has 4 aromatic rings. The predicted octanol–water partition coefficient (Wildman–Crippen LogP) is 5.69. The van der Waals surface area contributed by atoms with E-state index in [1.807, 2.05) is 35.9 Å². The summed E-state index contributed by atoms with van der Waals surface area (Å²) >= 11 is 6.68. The quantitative estimate of drug-likeness (QED) is 0.208. The third-order valence-electron chi connectivity index (χ3n) is 6.38. The molecule has 1 fully saturated rings. The van der Waals surface area contributed by atoms with E-state index in [0.717, 1.165) is 39.5 Å². The number of carbonyl (C=O) groups excluding carboxylic acids is 4. The number of thioether (sulfide) groups is 1. The summed E-state index contributed by atoms with van der Waals surface area (Å²) in [5, 5.41) is 3.69. The molecule has 5 rings (SSSR count). The third kappa shape index (κ3) is 5.69. The van der Waals surface area contributed by atoms with Gasteiger partial charge in [-0.2, -0.15) is 0 Å². The lowest BCUT2D eigenvalue weighted by Gasteiger charge is -2.11. The fourth-order valence-corrected chi connectivity index (χ4v) is 5.40. The van der Waals surface area contributed by atoms with E-state index in [4.69, 9.17) is 16.0 Å². The van der Waals surface area contributed by atoms with Crippen molar-refractivity contribution in [3.05, 3.63) is 99.4 Å². The number of benzene rings is 2. The van der Waals surface area contributed by atoms with Crippen LogP contribution >= 0.6 is 23.4 Å². The van der Waals surface area contributed by atoms with Crippen LogP contribution in [-0.2, 0) is 29.1 Å². The molecule has 0 aliphatic carbocycles. The van der Waals surface area contributed by atoms with Crippen molar-refractivity contribution in [2.45, 2.75) is 26.4 Å². The van der Waals surface area contributed by atoms with Gasteiger partial charge in [-0.3, -0.25) is 24.1 Å². The second kappa shape index (κ2) is 11.3. The number of hydrogen-bond donors (Lipinski definition) is 1. The number of nitrogens with zero attached hydrogens (tertiary/aromatic N) is 2. The van der Waals surface area contributed by atoms with E-state index in [1.165, 1.54) is 0 Å². The number of para-hydroxylation sites is 1. The van der Waals surface area contributed by atoms with Crippen molar-refractivity contribution in [2.24, 2.45) is 0 Å². The Morgan fingerprint density at radius 1 is 1.05 bits per heavy atom. The highest BCUT2D eigenvalue weighted by atomic mass is 35.5. The largest absolute Gasteiger partial charge is 0.467 e. The van der Waals surface area contributed by atoms with Gasteiger partial charge in [0.05, 0.1) is 29.8 Å². The van der Waals surface area contributed by atoms with Gasteiger partial charge in [-0.1, -0.05) is 36.7 Å². The number of rotatable bonds is 9. The summed E-state index contributed by atoms with van der Waals surface area (Å²) < 4.78 is 7.13. The number of halogens is 1. The van der Waals surface area contributed by atoms with Gasteiger partial charge < -0.3 is 14.3 Å². The Bertz CT molecular complexity index is 1610. The van der Waals surface area contributed by atoms with Gasteiger partial charge in [-0.15, -0.1) is 0 Å². The first kappa shape index (κ1) is 26.5. The van der Waals surface area contributed by atoms with Crippen LogP contribution in [0.1, 0.15) is 34.2 Å². The van der Waals surface area contributed by atoms with Gasteiger partial charge in [-0.25, -0.2) is 0 Å². The van der Waals surface area contributed by atoms with E-state index < -0.39 is 11.1 Å². The average molecular weight is 562 g/mol. The SMILES string of the molecule is CCc1cccc2c(/C=C3\SC(=O)N(CC(=O)c4ccc(Cl)cc4)C3=O)cn(CC(=O)NCc3ccco3)c12. The van der Waals surface area contributed by atoms with Crippen LogP contribution < -0.4 is 5.32 Å². The molecule has 3 heterocycles. The first-order valence-electron chi connectivity index (χ1n) is 12.3. The van der Waals surface area contributed by atoms with Gasteiger partial charge in [0.15, 0.2) is 5.78 Å². The van der Waals surface area contributed by atoms with E-state index in [0.29, 0.717) is 21.9 Å². The molecule has 0 spiro atoms. The number of aryl methyl sites for hydroxylation is 1. The topological polar surface area (TPSA) is 102 Å². The summed E-state index contributed by atoms with van der Waals surface area (Å²) in [6.45, 7) is 2.02. The highest BCUT2D eigenvalue weighted by Crippen LogP contribution is 2.35. The Morgan fingerprint density at radius 2 is 1.85 bits per heavy atom. The number of hydrogen-bond acceptors (Lipinski definition) is 6. The maximum absolute atomic E-state index is 13.1. The Balaban J connectivity index is 1.39. The molecule has 0 radical (unpaired) electrons. The number of furan rings is 1. The number of carbonyl (C=O) groups is 4. The Labute approximate surface area is 233 Å². The fraction of sp³-hybridized carbons (Fsp3) is 0.172. The van der Waals surface area contributed by atoms with E-state index >= 15 is 0 Å². The van der Waals surface area contributed by atoms with Crippen molar-refractivity contribution in [1.82, 2.24) is 14.8 Å². The van der Waals surface area contributed by atoms with Gasteiger partial charge >= 0.3 is 0 Å². The van der Waals surface area contributed by atoms with Crippen LogP contribution in [0.4, 0.5) is 4.79 Å². The molecule has 0 atom stereocenters. The van der Waals surface area contributed by atoms with Gasteiger partial charge in [0, 0.05) is 27.7 Å². The first-order valence-corrected chi connectivity index (χ1v) is 13.5. The van der Waals surface area contributed by atoms with Crippen molar-refractivity contribution in [3.63, 3.8) is 0 Å². The minimum atomic E-state index is -0.531. The predicted molar refractivity (Wildman–Crippen MR) is 150 cm³/mol. The van der Waals surface area contributed by atoms with Crippen molar-refractivity contribution in [2.75, 3.05) is 6.54 Å². The number of Topliss-reactive ketones (excluding diaryl/α,β-unsaturated/α-hetero) is 1. The lowest BCUT2D eigenvalue weighted by molar-refractivity contribution is -0.123. The van der Waals surface area contributed by atoms with E-state index in [1.54, 1.807) is 48.7 Å². The van der Waals surface area contributed by atoms with Crippen molar-refractivity contribution in [3.8, 4) is 0 Å². The second-order valence-corrected chi connectivity index (χ2v) is 10.4. The number of aromatic nitrogens is 1. The van der Waals surface area contributed by atoms with Crippen molar-refractivity contribution < 1.29 is 23.6 Å². The van der Waals surface area contributed by atoms with Crippen LogP contribution in [0.25, 0.3) is 17.0 Å². The minimum absolute atomic E-state index is 0.0686. The summed E-state index contributed by atoms with van der Waals surface area (Å²) in [6, 6.07) is 15.7. The maximum Gasteiger partial charge on any atom is 0.293 e. The van der Waals surface area contributed by atoms with Crippen LogP contribution in [-0.4, -0.2) is 38.8 Å². The fourth-order valence-electron chi connectivity index (χ4n) is 4.45. The monoisotopic (exact) mass is 561 g/mol. The maximum atomic E-state index is 13.1. The summed E-state index contributed by atoms with van der Waals surface area (Å²) in [6.07, 6.45) is 5.76. The van der Waals surface area contributed by atoms with Gasteiger partial charge in [0.25, 0.3) is 11.1 Å². The average Bonchev–Trinajstić information content (AvgIpc) is 3.64. The molecule has 198 valence electrons. The number of imide groups is 1. The van der Waals surface area contributed by atoms with Crippen molar-refractivity contribution >= 4 is 63.2 Å². The molecular weight excluding hydrogens is 538 g/mol. The molecule has 1 aliphatic heterocycles. The molecule has 1 aliphatic rings. The van der Waals surface area contributed by atoms with Crippen LogP contribution in [0, 0.1) is 0 Å². The zero-order valence-corrected chi connectivity index (χ0v) is 22.6. The normalized spacial score (nSPS) is 14.5. The Kier molecular flexibility index (Phi) is 7.72. The summed E-state index contributed by atoms with van der Waals surface area (Å²) in [7, 11) is 0. The summed E-state index contributed by atoms with van der Waals surface area (Å²) in [5.74, 6) is -0.432. The summed E-state index contributed by atoms with van der Waals surface area (Å²) in [4.78, 5) is 52.4. The lowest BCUT2D eigenvalue weighted by Crippen LogP contribution is -2.33. The van der Waals surface area contributed by atoms with Crippen LogP contribution in [0.3, 0.4) is 0 Å². The molecule has 8 nitrogen and oxygen atoms in total. The zero-order chi connectivity index (χ0) is 27.5. The van der Waals surface area contributed by atoms with Gasteiger partial charge in [0.2, 0.25) is 5.91 Å². The van der Waals surface area contributed by atoms with Crippen molar-refractivity contribution in [1.29, 1.82) is 0 Å². The number of fused-ring (bicyclic) bond motifs is 1. The molecule has 3 amide bonds.